The van der Waals surface area contributed by atoms with Gasteiger partial charge in [-0.2, -0.15) is 4.31 Å². The predicted molar refractivity (Wildman–Crippen MR) is 83.3 cm³/mol. The quantitative estimate of drug-likeness (QED) is 0.736. The number of cyclic esters (lactones) is 1. The van der Waals surface area contributed by atoms with Crippen molar-refractivity contribution in [3.63, 3.8) is 0 Å². The number of carbonyl (C=O) groups excluding carboxylic acids is 2. The van der Waals surface area contributed by atoms with Crippen LogP contribution in [-0.4, -0.2) is 50.5 Å². The smallest absolute Gasteiger partial charge is 0.347 e. The van der Waals surface area contributed by atoms with Crippen molar-refractivity contribution >= 4 is 22.0 Å². The average Bonchev–Trinajstić information content (AvgIpc) is 3.00. The molecule has 2 heterocycles. The Bertz CT molecular complexity index is 755. The van der Waals surface area contributed by atoms with Gasteiger partial charge in [-0.1, -0.05) is 0 Å². The number of ether oxygens (including phenoxy) is 2. The van der Waals surface area contributed by atoms with Gasteiger partial charge in [0.05, 0.1) is 17.4 Å². The minimum Gasteiger partial charge on any atom is -0.463 e. The number of halogens is 1. The van der Waals surface area contributed by atoms with Gasteiger partial charge in [0.25, 0.3) is 0 Å². The molecule has 2 fully saturated rings. The molecule has 1 aromatic rings. The van der Waals surface area contributed by atoms with Gasteiger partial charge in [-0.05, 0) is 37.1 Å². The zero-order chi connectivity index (χ0) is 18.0. The monoisotopic (exact) mass is 371 g/mol. The molecule has 0 spiro atoms. The number of piperidine rings is 1. The van der Waals surface area contributed by atoms with Gasteiger partial charge in [0.1, 0.15) is 5.82 Å². The van der Waals surface area contributed by atoms with Crippen LogP contribution in [0.4, 0.5) is 4.39 Å². The fourth-order valence-electron chi connectivity index (χ4n) is 2.91. The Morgan fingerprint density at radius 3 is 2.36 bits per heavy atom. The predicted octanol–water partition coefficient (Wildman–Crippen LogP) is 1.09. The molecule has 25 heavy (non-hydrogen) atoms. The third-order valence-corrected chi connectivity index (χ3v) is 6.30. The summed E-state index contributed by atoms with van der Waals surface area (Å²) in [5, 5.41) is 0. The zero-order valence-corrected chi connectivity index (χ0v) is 14.2. The van der Waals surface area contributed by atoms with E-state index in [1.165, 1.54) is 16.4 Å². The number of esters is 2. The van der Waals surface area contributed by atoms with Gasteiger partial charge in [-0.3, -0.25) is 4.79 Å². The first-order chi connectivity index (χ1) is 11.9. The molecule has 1 unspecified atom stereocenters. The molecule has 2 aliphatic heterocycles. The molecule has 0 aromatic heterocycles. The highest BCUT2D eigenvalue weighted by Gasteiger charge is 2.36. The summed E-state index contributed by atoms with van der Waals surface area (Å²) < 4.78 is 49.2. The highest BCUT2D eigenvalue weighted by Crippen LogP contribution is 2.25. The van der Waals surface area contributed by atoms with Crippen molar-refractivity contribution in [2.75, 3.05) is 19.7 Å². The molecule has 0 amide bonds. The van der Waals surface area contributed by atoms with Gasteiger partial charge in [0, 0.05) is 19.5 Å². The number of carbonyl (C=O) groups is 2. The number of hydrogen-bond acceptors (Lipinski definition) is 6. The van der Waals surface area contributed by atoms with Gasteiger partial charge in [0.2, 0.25) is 16.1 Å². The van der Waals surface area contributed by atoms with Gasteiger partial charge in [-0.25, -0.2) is 17.6 Å². The lowest BCUT2D eigenvalue weighted by Crippen LogP contribution is -2.41. The van der Waals surface area contributed by atoms with E-state index >= 15 is 0 Å². The first-order valence-electron chi connectivity index (χ1n) is 8.01. The van der Waals surface area contributed by atoms with E-state index in [4.69, 9.17) is 9.47 Å². The van der Waals surface area contributed by atoms with Crippen molar-refractivity contribution in [1.82, 2.24) is 4.31 Å². The summed E-state index contributed by atoms with van der Waals surface area (Å²) in [6.07, 6.45) is 0.109. The van der Waals surface area contributed by atoms with Crippen LogP contribution in [0, 0.1) is 11.7 Å². The van der Waals surface area contributed by atoms with Crippen LogP contribution >= 0.6 is 0 Å². The second-order valence-electron chi connectivity index (χ2n) is 6.01. The van der Waals surface area contributed by atoms with Gasteiger partial charge >= 0.3 is 11.9 Å². The number of benzene rings is 1. The van der Waals surface area contributed by atoms with Crippen LogP contribution in [0.25, 0.3) is 0 Å². The van der Waals surface area contributed by atoms with Crippen molar-refractivity contribution in [3.8, 4) is 0 Å². The standard InChI is InChI=1S/C16H18FNO6S/c17-12-1-3-13(4-2-12)25(21,22)18-8-5-11(6-9-18)15(19)24-14-7-10-23-16(14)20/h1-4,11,14H,5-10H2. The van der Waals surface area contributed by atoms with Crippen molar-refractivity contribution < 1.29 is 31.9 Å². The first-order valence-corrected chi connectivity index (χ1v) is 9.45. The van der Waals surface area contributed by atoms with Crippen LogP contribution in [0.15, 0.2) is 29.2 Å². The van der Waals surface area contributed by atoms with Crippen LogP contribution < -0.4 is 0 Å². The molecular weight excluding hydrogens is 353 g/mol. The Kier molecular flexibility index (Phi) is 5.05. The summed E-state index contributed by atoms with van der Waals surface area (Å²) in [7, 11) is -3.72. The molecule has 2 saturated heterocycles. The van der Waals surface area contributed by atoms with E-state index in [0.717, 1.165) is 12.1 Å². The molecule has 136 valence electrons. The third kappa shape index (κ3) is 3.82. The van der Waals surface area contributed by atoms with E-state index < -0.39 is 39.8 Å². The second kappa shape index (κ2) is 7.09. The summed E-state index contributed by atoms with van der Waals surface area (Å²) in [6, 6.07) is 4.63. The Hall–Kier alpha value is -2.00. The molecular formula is C16H18FNO6S. The van der Waals surface area contributed by atoms with E-state index in [1.54, 1.807) is 0 Å². The Morgan fingerprint density at radius 1 is 1.16 bits per heavy atom. The van der Waals surface area contributed by atoms with Crippen molar-refractivity contribution in [1.29, 1.82) is 0 Å². The van der Waals surface area contributed by atoms with Crippen molar-refractivity contribution in [2.24, 2.45) is 5.92 Å². The van der Waals surface area contributed by atoms with Crippen molar-refractivity contribution in [2.45, 2.75) is 30.3 Å². The summed E-state index contributed by atoms with van der Waals surface area (Å²) in [6.45, 7) is 0.564. The molecule has 1 atom stereocenters. The molecule has 3 rings (SSSR count). The van der Waals surface area contributed by atoms with E-state index in [1.807, 2.05) is 0 Å². The lowest BCUT2D eigenvalue weighted by molar-refractivity contribution is -0.164. The minimum absolute atomic E-state index is 0.0172. The van der Waals surface area contributed by atoms with E-state index in [9.17, 15) is 22.4 Å². The third-order valence-electron chi connectivity index (χ3n) is 4.38. The maximum absolute atomic E-state index is 13.0. The first kappa shape index (κ1) is 17.8. The number of hydrogen-bond donors (Lipinski definition) is 0. The number of sulfonamides is 1. The normalized spacial score (nSPS) is 22.6. The molecule has 1 aromatic carbocycles. The van der Waals surface area contributed by atoms with Crippen LogP contribution in [0.3, 0.4) is 0 Å². The lowest BCUT2D eigenvalue weighted by Gasteiger charge is -2.30. The van der Waals surface area contributed by atoms with Crippen LogP contribution in [0.5, 0.6) is 0 Å². The fraction of sp³-hybridized carbons (Fsp3) is 0.500. The summed E-state index contributed by atoms with van der Waals surface area (Å²) in [5.74, 6) is -1.99. The van der Waals surface area contributed by atoms with Gasteiger partial charge in [0.15, 0.2) is 0 Å². The Labute approximate surface area is 144 Å². The van der Waals surface area contributed by atoms with Crippen LogP contribution in [0.1, 0.15) is 19.3 Å². The molecule has 0 aliphatic carbocycles. The van der Waals surface area contributed by atoms with Crippen LogP contribution in [0.2, 0.25) is 0 Å². The molecule has 0 N–H and O–H groups in total. The summed E-state index contributed by atoms with van der Waals surface area (Å²) in [5.41, 5.74) is 0. The zero-order valence-electron chi connectivity index (χ0n) is 13.4. The Morgan fingerprint density at radius 2 is 1.80 bits per heavy atom. The van der Waals surface area contributed by atoms with E-state index in [0.29, 0.717) is 19.3 Å². The Balaban J connectivity index is 1.58. The molecule has 2 aliphatic rings. The summed E-state index contributed by atoms with van der Waals surface area (Å²) >= 11 is 0. The fourth-order valence-corrected chi connectivity index (χ4v) is 4.38. The highest BCUT2D eigenvalue weighted by atomic mass is 32.2. The topological polar surface area (TPSA) is 90.0 Å². The maximum atomic E-state index is 13.0. The molecule has 0 bridgehead atoms. The van der Waals surface area contributed by atoms with Gasteiger partial charge < -0.3 is 9.47 Å². The molecule has 0 saturated carbocycles. The van der Waals surface area contributed by atoms with Gasteiger partial charge in [-0.15, -0.1) is 0 Å². The summed E-state index contributed by atoms with van der Waals surface area (Å²) in [4.78, 5) is 23.5. The molecule has 0 radical (unpaired) electrons. The average molecular weight is 371 g/mol. The second-order valence-corrected chi connectivity index (χ2v) is 7.95. The number of rotatable bonds is 4. The SMILES string of the molecule is O=C(OC1CCOC1=O)C1CCN(S(=O)(=O)c2ccc(F)cc2)CC1. The van der Waals surface area contributed by atoms with E-state index in [2.05, 4.69) is 0 Å². The van der Waals surface area contributed by atoms with Crippen LogP contribution in [-0.2, 0) is 29.1 Å². The minimum atomic E-state index is -3.72. The maximum Gasteiger partial charge on any atom is 0.347 e. The number of nitrogens with zero attached hydrogens (tertiary/aromatic N) is 1. The largest absolute Gasteiger partial charge is 0.463 e. The van der Waals surface area contributed by atoms with E-state index in [-0.39, 0.29) is 24.6 Å². The molecule has 9 heteroatoms. The lowest BCUT2D eigenvalue weighted by atomic mass is 9.98. The molecule has 7 nitrogen and oxygen atoms in total. The highest BCUT2D eigenvalue weighted by molar-refractivity contribution is 7.89. The van der Waals surface area contributed by atoms with Crippen molar-refractivity contribution in [3.05, 3.63) is 30.1 Å².